The van der Waals surface area contributed by atoms with Crippen LogP contribution in [0.5, 0.6) is 0 Å². The molecule has 1 saturated heterocycles. The summed E-state index contributed by atoms with van der Waals surface area (Å²) in [5.41, 5.74) is 5.38. The molecule has 6 N–H and O–H groups in total. The molecule has 1 fully saturated rings. The summed E-state index contributed by atoms with van der Waals surface area (Å²) in [5, 5.41) is 18.8. The molecule has 1 aliphatic heterocycles. The molecule has 0 bridgehead atoms. The van der Waals surface area contributed by atoms with Gasteiger partial charge in [0.15, 0.2) is 0 Å². The standard InChI is InChI=1S/C6H14NO7P.2Na.2H/c7-3-1-13-4(6(9)5(3)8)2-14-15(10,11)12;;;;/h3-6,8-9H,1-2,7H2,(H2,10,11,12);;;;/t3-,4-,5+,6-;;;;/m1..../s1. The van der Waals surface area contributed by atoms with Crippen molar-refractivity contribution in [2.45, 2.75) is 24.4 Å². The van der Waals surface area contributed by atoms with E-state index in [2.05, 4.69) is 4.52 Å². The number of hydrogen-bond donors (Lipinski definition) is 5. The first-order valence-corrected chi connectivity index (χ1v) is 5.77. The summed E-state index contributed by atoms with van der Waals surface area (Å²) >= 11 is 0. The zero-order valence-corrected chi connectivity index (χ0v) is 8.66. The van der Waals surface area contributed by atoms with Gasteiger partial charge in [0.2, 0.25) is 0 Å². The zero-order chi connectivity index (χ0) is 11.6. The van der Waals surface area contributed by atoms with Crippen molar-refractivity contribution in [3.8, 4) is 0 Å². The average molecular weight is 291 g/mol. The molecule has 0 radical (unpaired) electrons. The second-order valence-electron chi connectivity index (χ2n) is 3.30. The van der Waals surface area contributed by atoms with Crippen molar-refractivity contribution in [3.63, 3.8) is 0 Å². The molecule has 0 spiro atoms. The average Bonchev–Trinajstić information content (AvgIpc) is 2.12. The first kappa shape index (κ1) is 21.3. The van der Waals surface area contributed by atoms with Gasteiger partial charge in [0.1, 0.15) is 12.2 Å². The van der Waals surface area contributed by atoms with Crippen LogP contribution in [0.25, 0.3) is 0 Å². The van der Waals surface area contributed by atoms with Gasteiger partial charge in [-0.15, -0.1) is 0 Å². The first-order chi connectivity index (χ1) is 6.81. The normalized spacial score (nSPS) is 33.5. The van der Waals surface area contributed by atoms with Gasteiger partial charge < -0.3 is 30.5 Å². The Morgan fingerprint density at radius 1 is 1.29 bits per heavy atom. The van der Waals surface area contributed by atoms with Crippen molar-refractivity contribution in [2.24, 2.45) is 5.73 Å². The van der Waals surface area contributed by atoms with Crippen LogP contribution >= 0.6 is 7.82 Å². The summed E-state index contributed by atoms with van der Waals surface area (Å²) in [4.78, 5) is 16.8. The molecule has 11 heteroatoms. The van der Waals surface area contributed by atoms with Gasteiger partial charge in [0.05, 0.1) is 25.4 Å². The molecule has 1 rings (SSSR count). The zero-order valence-electron chi connectivity index (χ0n) is 7.76. The Balaban J connectivity index is 0. The van der Waals surface area contributed by atoms with Crippen molar-refractivity contribution >= 4 is 66.9 Å². The van der Waals surface area contributed by atoms with E-state index in [9.17, 15) is 14.8 Å². The molecule has 8 nitrogen and oxygen atoms in total. The maximum absolute atomic E-state index is 10.4. The molecule has 0 aromatic rings. The quantitative estimate of drug-likeness (QED) is 0.263. The van der Waals surface area contributed by atoms with Crippen LogP contribution < -0.4 is 5.73 Å². The Labute approximate surface area is 143 Å². The predicted octanol–water partition coefficient (Wildman–Crippen LogP) is -3.75. The van der Waals surface area contributed by atoms with E-state index in [4.69, 9.17) is 20.3 Å². The van der Waals surface area contributed by atoms with Crippen LogP contribution in [0.2, 0.25) is 0 Å². The molecule has 0 aromatic carbocycles. The number of hydrogen-bond acceptors (Lipinski definition) is 6. The number of rotatable bonds is 3. The topological polar surface area (TPSA) is 142 Å². The Morgan fingerprint density at radius 2 is 1.82 bits per heavy atom. The minimum atomic E-state index is -4.60. The number of phosphoric ester groups is 1. The van der Waals surface area contributed by atoms with Crippen LogP contribution in [0.1, 0.15) is 0 Å². The van der Waals surface area contributed by atoms with Crippen LogP contribution in [0.4, 0.5) is 0 Å². The monoisotopic (exact) mass is 291 g/mol. The first-order valence-electron chi connectivity index (χ1n) is 4.24. The molecule has 0 saturated carbocycles. The third-order valence-corrected chi connectivity index (χ3v) is 2.56. The van der Waals surface area contributed by atoms with Gasteiger partial charge >= 0.3 is 66.9 Å². The Kier molecular flexibility index (Phi) is 11.2. The Morgan fingerprint density at radius 3 is 2.29 bits per heavy atom. The van der Waals surface area contributed by atoms with Crippen molar-refractivity contribution in [2.75, 3.05) is 13.2 Å². The van der Waals surface area contributed by atoms with Gasteiger partial charge in [0, 0.05) is 0 Å². The number of nitrogens with two attached hydrogens (primary N) is 1. The minimum absolute atomic E-state index is 0. The Hall–Kier alpha value is 1.95. The third kappa shape index (κ3) is 7.34. The number of phosphoric acid groups is 1. The number of ether oxygens (including phenoxy) is 1. The molecule has 1 heterocycles. The molecule has 0 amide bonds. The van der Waals surface area contributed by atoms with E-state index >= 15 is 0 Å². The molecule has 4 atom stereocenters. The summed E-state index contributed by atoms with van der Waals surface area (Å²) in [5.74, 6) is 0. The van der Waals surface area contributed by atoms with E-state index in [1.54, 1.807) is 0 Å². The van der Waals surface area contributed by atoms with Crippen LogP contribution in [0.15, 0.2) is 0 Å². The van der Waals surface area contributed by atoms with Crippen LogP contribution in [-0.4, -0.2) is 117 Å². The van der Waals surface area contributed by atoms with Gasteiger partial charge in [0.25, 0.3) is 0 Å². The fourth-order valence-corrected chi connectivity index (χ4v) is 1.56. The third-order valence-electron chi connectivity index (χ3n) is 2.08. The second kappa shape index (κ2) is 8.99. The van der Waals surface area contributed by atoms with Gasteiger partial charge in [-0.3, -0.25) is 4.52 Å². The molecular formula is C6H16NNa2O7P. The van der Waals surface area contributed by atoms with E-state index < -0.39 is 38.8 Å². The summed E-state index contributed by atoms with van der Waals surface area (Å²) in [6.07, 6.45) is -3.50. The number of aliphatic hydroxyl groups is 2. The SMILES string of the molecule is N[C@@H]1CO[C@H](COP(=O)(O)O)[C@@H](O)[C@H]1O.[NaH].[NaH]. The van der Waals surface area contributed by atoms with E-state index in [0.29, 0.717) is 0 Å². The maximum atomic E-state index is 10.4. The molecular weight excluding hydrogens is 275 g/mol. The predicted molar refractivity (Wildman–Crippen MR) is 62.0 cm³/mol. The molecule has 0 aromatic heterocycles. The molecule has 94 valence electrons. The second-order valence-corrected chi connectivity index (χ2v) is 4.54. The number of aliphatic hydroxyl groups excluding tert-OH is 2. The molecule has 0 aliphatic carbocycles. The van der Waals surface area contributed by atoms with E-state index in [1.807, 2.05) is 0 Å². The summed E-state index contributed by atoms with van der Waals surface area (Å²) in [6.45, 7) is -0.511. The van der Waals surface area contributed by atoms with E-state index in [1.165, 1.54) is 0 Å². The van der Waals surface area contributed by atoms with Crippen molar-refractivity contribution in [3.05, 3.63) is 0 Å². The van der Waals surface area contributed by atoms with Crippen molar-refractivity contribution in [1.29, 1.82) is 0 Å². The molecule has 0 unspecified atom stereocenters. The van der Waals surface area contributed by atoms with Gasteiger partial charge in [-0.1, -0.05) is 0 Å². The fraction of sp³-hybridized carbons (Fsp3) is 1.00. The van der Waals surface area contributed by atoms with Crippen molar-refractivity contribution < 1.29 is 33.8 Å². The van der Waals surface area contributed by atoms with E-state index in [0.717, 1.165) is 0 Å². The van der Waals surface area contributed by atoms with E-state index in [-0.39, 0.29) is 65.7 Å². The molecule has 1 aliphatic rings. The van der Waals surface area contributed by atoms with Gasteiger partial charge in [-0.05, 0) is 0 Å². The molecule has 17 heavy (non-hydrogen) atoms. The Bertz CT molecular complexity index is 265. The summed E-state index contributed by atoms with van der Waals surface area (Å²) in [6, 6.07) is -0.716. The van der Waals surface area contributed by atoms with Crippen LogP contribution in [-0.2, 0) is 13.8 Å². The van der Waals surface area contributed by atoms with Gasteiger partial charge in [-0.25, -0.2) is 4.57 Å². The van der Waals surface area contributed by atoms with Gasteiger partial charge in [-0.2, -0.15) is 0 Å². The van der Waals surface area contributed by atoms with Crippen LogP contribution in [0, 0.1) is 0 Å². The summed E-state index contributed by atoms with van der Waals surface area (Å²) in [7, 11) is -4.60. The fourth-order valence-electron chi connectivity index (χ4n) is 1.22. The van der Waals surface area contributed by atoms with Crippen molar-refractivity contribution in [1.82, 2.24) is 0 Å². The summed E-state index contributed by atoms with van der Waals surface area (Å²) < 4.78 is 19.5. The van der Waals surface area contributed by atoms with Crippen LogP contribution in [0.3, 0.4) is 0 Å².